The van der Waals surface area contributed by atoms with Gasteiger partial charge in [-0.05, 0) is 18.7 Å². The standard InChI is InChI=1S/C4H12F4N3O2P3/c1-3-12-15(7)9-14(5,6)10-16(8,11-15)13-4-2/h9,11H,3-4H2,1-2H3/q+2. The molecule has 0 bridgehead atoms. The van der Waals surface area contributed by atoms with E-state index in [1.54, 1.807) is 4.86 Å². The largest absolute Gasteiger partial charge is 0.625 e. The summed E-state index contributed by atoms with van der Waals surface area (Å²) in [4.78, 5) is 2.99. The van der Waals surface area contributed by atoms with Crippen LogP contribution >= 0.6 is 24.0 Å². The highest BCUT2D eigenvalue weighted by Crippen LogP contribution is 2.82. The molecule has 0 aromatic rings. The minimum Gasteiger partial charge on any atom is -0.305 e. The van der Waals surface area contributed by atoms with Crippen LogP contribution in [0.5, 0.6) is 0 Å². The van der Waals surface area contributed by atoms with Crippen LogP contribution < -0.4 is 9.72 Å². The molecule has 0 amide bonds. The molecule has 1 heterocycles. The molecule has 2 unspecified atom stereocenters. The zero-order chi connectivity index (χ0) is 12.4. The summed E-state index contributed by atoms with van der Waals surface area (Å²) in [7, 11) is -14.1. The molecule has 0 aromatic carbocycles. The summed E-state index contributed by atoms with van der Waals surface area (Å²) in [6, 6.07) is 0. The maximum absolute atomic E-state index is 13.7. The maximum Gasteiger partial charge on any atom is 0.625 e. The van der Waals surface area contributed by atoms with Crippen LogP contribution in [0.2, 0.25) is 0 Å². The Bertz CT molecular complexity index is 319. The van der Waals surface area contributed by atoms with E-state index in [0.717, 1.165) is 0 Å². The number of hydrogen-bond donors (Lipinski definition) is 2. The van der Waals surface area contributed by atoms with Crippen molar-refractivity contribution in [2.45, 2.75) is 13.8 Å². The van der Waals surface area contributed by atoms with Gasteiger partial charge in [-0.15, -0.1) is 0 Å². The molecule has 12 heteroatoms. The molecular weight excluding hydrogens is 291 g/mol. The highest BCUT2D eigenvalue weighted by Gasteiger charge is 2.70. The summed E-state index contributed by atoms with van der Waals surface area (Å²) in [6.07, 6.45) is 0. The lowest BCUT2D eigenvalue weighted by atomic mass is 10.9. The summed E-state index contributed by atoms with van der Waals surface area (Å²) in [5, 5.41) is 0. The van der Waals surface area contributed by atoms with Gasteiger partial charge in [-0.25, -0.2) is 0 Å². The number of halogens is 4. The summed E-state index contributed by atoms with van der Waals surface area (Å²) in [6.45, 7) is 2.45. The lowest BCUT2D eigenvalue weighted by Crippen LogP contribution is -2.26. The molecule has 0 saturated carbocycles. The van der Waals surface area contributed by atoms with Crippen LogP contribution in [0.25, 0.3) is 0 Å². The first-order chi connectivity index (χ1) is 7.24. The molecule has 0 aliphatic carbocycles. The van der Waals surface area contributed by atoms with Gasteiger partial charge in [-0.2, -0.15) is 8.72 Å². The average molecular weight is 303 g/mol. The molecule has 1 aliphatic heterocycles. The monoisotopic (exact) mass is 303 g/mol. The van der Waals surface area contributed by atoms with Crippen LogP contribution in [0, 0.1) is 0 Å². The fourth-order valence-electron chi connectivity index (χ4n) is 0.982. The molecule has 0 aromatic heterocycles. The zero-order valence-corrected chi connectivity index (χ0v) is 11.2. The molecule has 2 atom stereocenters. The van der Waals surface area contributed by atoms with Gasteiger partial charge in [-0.3, -0.25) is 0 Å². The van der Waals surface area contributed by atoms with Crippen molar-refractivity contribution in [1.29, 1.82) is 0 Å². The Hall–Kier alpha value is 0.650. The van der Waals surface area contributed by atoms with Gasteiger partial charge in [0.1, 0.15) is 0 Å². The fourth-order valence-corrected chi connectivity index (χ4v) is 7.86. The third-order valence-corrected chi connectivity index (χ3v) is 8.38. The second kappa shape index (κ2) is 5.11. The quantitative estimate of drug-likeness (QED) is 0.596. The Kier molecular flexibility index (Phi) is 4.69. The topological polar surface area (TPSA) is 54.9 Å². The van der Waals surface area contributed by atoms with Gasteiger partial charge in [0.25, 0.3) is 0 Å². The molecule has 2 N–H and O–H groups in total. The van der Waals surface area contributed by atoms with Crippen LogP contribution in [-0.4, -0.2) is 13.2 Å². The normalized spacial score (nSPS) is 38.1. The van der Waals surface area contributed by atoms with Gasteiger partial charge >= 0.3 is 24.0 Å². The molecule has 1 aliphatic rings. The van der Waals surface area contributed by atoms with Crippen molar-refractivity contribution in [1.82, 2.24) is 9.72 Å². The van der Waals surface area contributed by atoms with Gasteiger partial charge < -0.3 is 4.52 Å². The maximum atomic E-state index is 13.7. The van der Waals surface area contributed by atoms with Crippen LogP contribution in [0.1, 0.15) is 13.8 Å². The Morgan fingerprint density at radius 2 is 1.88 bits per heavy atom. The SMILES string of the molecule is CCOP1(F)=N[P+](F)(F)N[P+](F)(OCC)N1. The summed E-state index contributed by atoms with van der Waals surface area (Å²) >= 11 is 0. The van der Waals surface area contributed by atoms with E-state index in [-0.39, 0.29) is 13.2 Å². The summed E-state index contributed by atoms with van der Waals surface area (Å²) < 4.78 is 65.1. The molecule has 0 spiro atoms. The highest BCUT2D eigenvalue weighted by molar-refractivity contribution is 7.88. The molecule has 0 fully saturated rings. The molecule has 1 rings (SSSR count). The minimum atomic E-state index is -5.23. The number of hydrogen-bond acceptors (Lipinski definition) is 5. The highest BCUT2D eigenvalue weighted by atomic mass is 31.3. The molecule has 0 radical (unpaired) electrons. The minimum absolute atomic E-state index is 0.170. The molecule has 0 saturated heterocycles. The Balaban J connectivity index is 2.99. The zero-order valence-electron chi connectivity index (χ0n) is 8.53. The van der Waals surface area contributed by atoms with E-state index in [2.05, 4.69) is 13.6 Å². The third-order valence-electron chi connectivity index (χ3n) is 1.34. The first-order valence-corrected chi connectivity index (χ1v) is 9.00. The van der Waals surface area contributed by atoms with E-state index in [1.807, 2.05) is 0 Å². The fraction of sp³-hybridized carbons (Fsp3) is 1.00. The van der Waals surface area contributed by atoms with Gasteiger partial charge in [0.2, 0.25) is 0 Å². The predicted octanol–water partition coefficient (Wildman–Crippen LogP) is 4.43. The first kappa shape index (κ1) is 14.7. The van der Waals surface area contributed by atoms with Gasteiger partial charge in [-0.1, -0.05) is 0 Å². The predicted molar refractivity (Wildman–Crippen MR) is 57.1 cm³/mol. The van der Waals surface area contributed by atoms with Crippen LogP contribution in [0.3, 0.4) is 0 Å². The molecule has 16 heavy (non-hydrogen) atoms. The lowest BCUT2D eigenvalue weighted by Gasteiger charge is -2.21. The summed E-state index contributed by atoms with van der Waals surface area (Å²) in [5.41, 5.74) is 0. The number of rotatable bonds is 4. The molecule has 5 nitrogen and oxygen atoms in total. The Morgan fingerprint density at radius 3 is 2.38 bits per heavy atom. The second-order valence-electron chi connectivity index (χ2n) is 2.64. The van der Waals surface area contributed by atoms with Gasteiger partial charge in [0.05, 0.1) is 18.1 Å². The average Bonchev–Trinajstić information content (AvgIpc) is 1.97. The van der Waals surface area contributed by atoms with E-state index in [9.17, 15) is 16.8 Å². The van der Waals surface area contributed by atoms with Crippen molar-refractivity contribution in [2.24, 2.45) is 4.52 Å². The van der Waals surface area contributed by atoms with Crippen molar-refractivity contribution >= 4 is 24.0 Å². The lowest BCUT2D eigenvalue weighted by molar-refractivity contribution is 0.315. The van der Waals surface area contributed by atoms with Crippen molar-refractivity contribution < 1.29 is 25.8 Å². The van der Waals surface area contributed by atoms with Gasteiger partial charge in [0.15, 0.2) is 0 Å². The van der Waals surface area contributed by atoms with E-state index in [4.69, 9.17) is 0 Å². The first-order valence-electron chi connectivity index (χ1n) is 4.33. The second-order valence-corrected chi connectivity index (χ2v) is 8.51. The third kappa shape index (κ3) is 3.84. The van der Waals surface area contributed by atoms with Crippen LogP contribution in [0.15, 0.2) is 4.52 Å². The molecular formula is C4H12F4N3O2P3+2. The van der Waals surface area contributed by atoms with E-state index >= 15 is 0 Å². The van der Waals surface area contributed by atoms with Crippen molar-refractivity contribution in [3.05, 3.63) is 0 Å². The van der Waals surface area contributed by atoms with Crippen molar-refractivity contribution in [3.8, 4) is 0 Å². The van der Waals surface area contributed by atoms with Crippen molar-refractivity contribution in [2.75, 3.05) is 13.2 Å². The number of nitrogens with one attached hydrogen (secondary N) is 2. The van der Waals surface area contributed by atoms with Gasteiger partial charge in [0, 0.05) is 17.1 Å². The Morgan fingerprint density at radius 1 is 1.25 bits per heavy atom. The Labute approximate surface area is 91.9 Å². The molecule has 96 valence electrons. The van der Waals surface area contributed by atoms with Crippen LogP contribution in [-0.2, 0) is 9.05 Å². The van der Waals surface area contributed by atoms with E-state index in [0.29, 0.717) is 0 Å². The summed E-state index contributed by atoms with van der Waals surface area (Å²) in [5.74, 6) is 0. The smallest absolute Gasteiger partial charge is 0.305 e. The van der Waals surface area contributed by atoms with E-state index < -0.39 is 24.0 Å². The number of nitrogens with zero attached hydrogens (tertiary/aromatic N) is 1. The van der Waals surface area contributed by atoms with E-state index in [1.165, 1.54) is 18.7 Å². The van der Waals surface area contributed by atoms with Crippen LogP contribution in [0.4, 0.5) is 16.8 Å². The van der Waals surface area contributed by atoms with Crippen molar-refractivity contribution in [3.63, 3.8) is 0 Å².